The number of para-hydroxylation sites is 1. The van der Waals surface area contributed by atoms with Crippen LogP contribution in [0.4, 0.5) is 4.39 Å². The lowest BCUT2D eigenvalue weighted by Crippen LogP contribution is -2.28. The fourth-order valence-corrected chi connectivity index (χ4v) is 2.15. The van der Waals surface area contributed by atoms with Crippen LogP contribution in [0.25, 0.3) is 5.69 Å². The molecule has 0 bridgehead atoms. The average molecular weight is 327 g/mol. The maximum atomic E-state index is 13.8. The van der Waals surface area contributed by atoms with Crippen LogP contribution in [-0.4, -0.2) is 25.7 Å². The second kappa shape index (κ2) is 6.45. The second-order valence-corrected chi connectivity index (χ2v) is 5.16. The van der Waals surface area contributed by atoms with E-state index in [4.69, 9.17) is 0 Å². The molecule has 1 aromatic carbocycles. The maximum absolute atomic E-state index is 13.8. The smallest absolute Gasteiger partial charge is 0.271 e. The first-order valence-corrected chi connectivity index (χ1v) is 7.19. The van der Waals surface area contributed by atoms with Gasteiger partial charge in [-0.25, -0.2) is 14.1 Å². The Morgan fingerprint density at radius 2 is 2.12 bits per heavy atom. The van der Waals surface area contributed by atoms with Crippen molar-refractivity contribution in [2.45, 2.75) is 13.0 Å². The molecule has 8 heteroatoms. The molecule has 1 amide bonds. The van der Waals surface area contributed by atoms with Gasteiger partial charge < -0.3 is 10.3 Å². The first-order chi connectivity index (χ1) is 11.5. The highest BCUT2D eigenvalue weighted by Crippen LogP contribution is 2.16. The molecule has 24 heavy (non-hydrogen) atoms. The molecule has 0 aliphatic heterocycles. The van der Waals surface area contributed by atoms with Crippen molar-refractivity contribution >= 4 is 5.91 Å². The Kier molecular flexibility index (Phi) is 4.19. The van der Waals surface area contributed by atoms with Crippen LogP contribution in [0.3, 0.4) is 0 Å². The van der Waals surface area contributed by atoms with Gasteiger partial charge in [0, 0.05) is 18.0 Å². The molecule has 3 rings (SSSR count). The summed E-state index contributed by atoms with van der Waals surface area (Å²) in [6, 6.07) is 5.91. The minimum absolute atomic E-state index is 0.0999. The lowest BCUT2D eigenvalue weighted by Gasteiger charge is -2.11. The van der Waals surface area contributed by atoms with Crippen molar-refractivity contribution in [1.29, 1.82) is 0 Å². The molecule has 0 unspecified atom stereocenters. The Balaban J connectivity index is 1.75. The number of hydrogen-bond acceptors (Lipinski definition) is 4. The fourth-order valence-electron chi connectivity index (χ4n) is 2.15. The quantitative estimate of drug-likeness (QED) is 0.761. The van der Waals surface area contributed by atoms with Crippen molar-refractivity contribution in [1.82, 2.24) is 25.1 Å². The van der Waals surface area contributed by atoms with Crippen LogP contribution in [0.1, 0.15) is 29.0 Å². The molecule has 0 saturated heterocycles. The minimum Gasteiger partial charge on any atom is -0.344 e. The molecule has 2 aromatic heterocycles. The molecule has 0 fully saturated rings. The number of nitrogens with one attached hydrogen (secondary N) is 2. The van der Waals surface area contributed by atoms with Crippen molar-refractivity contribution in [3.05, 3.63) is 76.5 Å². The van der Waals surface area contributed by atoms with Gasteiger partial charge in [0.15, 0.2) is 0 Å². The van der Waals surface area contributed by atoms with E-state index in [0.29, 0.717) is 11.3 Å². The van der Waals surface area contributed by atoms with E-state index in [-0.39, 0.29) is 23.1 Å². The van der Waals surface area contributed by atoms with Crippen molar-refractivity contribution < 1.29 is 9.18 Å². The number of rotatable bonds is 4. The van der Waals surface area contributed by atoms with Crippen LogP contribution in [0.2, 0.25) is 0 Å². The SMILES string of the molecule is C[C@@H](NC(=O)c1c[nH]c(=O)cn1)c1cnn(-c2ccccc2F)c1. The van der Waals surface area contributed by atoms with Gasteiger partial charge in [-0.2, -0.15) is 5.10 Å². The van der Waals surface area contributed by atoms with Crippen molar-refractivity contribution in [3.63, 3.8) is 0 Å². The van der Waals surface area contributed by atoms with Crippen LogP contribution in [0, 0.1) is 5.82 Å². The summed E-state index contributed by atoms with van der Waals surface area (Å²) < 4.78 is 15.2. The summed E-state index contributed by atoms with van der Waals surface area (Å²) in [5.41, 5.74) is 0.745. The number of aromatic amines is 1. The van der Waals surface area contributed by atoms with Gasteiger partial charge in [0.1, 0.15) is 17.2 Å². The monoisotopic (exact) mass is 327 g/mol. The topological polar surface area (TPSA) is 92.7 Å². The Hall–Kier alpha value is -3.29. The van der Waals surface area contributed by atoms with E-state index in [9.17, 15) is 14.0 Å². The summed E-state index contributed by atoms with van der Waals surface area (Å²) in [4.78, 5) is 29.2. The van der Waals surface area contributed by atoms with Gasteiger partial charge in [-0.1, -0.05) is 12.1 Å². The molecule has 0 spiro atoms. The van der Waals surface area contributed by atoms with E-state index in [1.54, 1.807) is 37.5 Å². The van der Waals surface area contributed by atoms with Gasteiger partial charge >= 0.3 is 0 Å². The summed E-state index contributed by atoms with van der Waals surface area (Å²) in [5.74, 6) is -0.821. The third-order valence-corrected chi connectivity index (χ3v) is 3.45. The predicted octanol–water partition coefficient (Wildman–Crippen LogP) is 1.59. The zero-order chi connectivity index (χ0) is 17.1. The van der Waals surface area contributed by atoms with E-state index < -0.39 is 5.91 Å². The van der Waals surface area contributed by atoms with E-state index in [0.717, 1.165) is 6.20 Å². The van der Waals surface area contributed by atoms with Crippen LogP contribution in [0.15, 0.2) is 53.8 Å². The summed E-state index contributed by atoms with van der Waals surface area (Å²) in [6.45, 7) is 1.77. The third kappa shape index (κ3) is 3.22. The van der Waals surface area contributed by atoms with E-state index >= 15 is 0 Å². The van der Waals surface area contributed by atoms with Gasteiger partial charge in [-0.05, 0) is 19.1 Å². The number of H-pyrrole nitrogens is 1. The van der Waals surface area contributed by atoms with Crippen LogP contribution in [-0.2, 0) is 0 Å². The van der Waals surface area contributed by atoms with Gasteiger partial charge in [0.2, 0.25) is 0 Å². The Morgan fingerprint density at radius 1 is 1.33 bits per heavy atom. The number of halogens is 1. The molecule has 3 aromatic rings. The van der Waals surface area contributed by atoms with Crippen LogP contribution in [0.5, 0.6) is 0 Å². The molecule has 122 valence electrons. The van der Waals surface area contributed by atoms with Crippen molar-refractivity contribution in [3.8, 4) is 5.69 Å². The summed E-state index contributed by atoms with van der Waals surface area (Å²) >= 11 is 0. The molecule has 0 aliphatic carbocycles. The van der Waals surface area contributed by atoms with Gasteiger partial charge in [-0.3, -0.25) is 9.59 Å². The van der Waals surface area contributed by atoms with Crippen molar-refractivity contribution in [2.75, 3.05) is 0 Å². The first kappa shape index (κ1) is 15.6. The number of benzene rings is 1. The van der Waals surface area contributed by atoms with Crippen LogP contribution >= 0.6 is 0 Å². The second-order valence-electron chi connectivity index (χ2n) is 5.16. The first-order valence-electron chi connectivity index (χ1n) is 7.19. The molecule has 7 nitrogen and oxygen atoms in total. The van der Waals surface area contributed by atoms with Crippen molar-refractivity contribution in [2.24, 2.45) is 0 Å². The third-order valence-electron chi connectivity index (χ3n) is 3.45. The molecule has 2 heterocycles. The Bertz CT molecular complexity index is 913. The standard InChI is InChI=1S/C16H14FN5O2/c1-10(21-16(24)13-7-19-15(23)8-18-13)11-6-20-22(9-11)14-5-3-2-4-12(14)17/h2-10H,1H3,(H,19,23)(H,21,24)/t10-/m1/s1. The minimum atomic E-state index is -0.433. The lowest BCUT2D eigenvalue weighted by atomic mass is 10.2. The number of carbonyl (C=O) groups is 1. The Morgan fingerprint density at radius 3 is 2.83 bits per heavy atom. The van der Waals surface area contributed by atoms with E-state index in [1.165, 1.54) is 16.9 Å². The summed E-state index contributed by atoms with van der Waals surface area (Å²) in [6.07, 6.45) is 5.48. The number of aromatic nitrogens is 4. The molecule has 2 N–H and O–H groups in total. The summed E-state index contributed by atoms with van der Waals surface area (Å²) in [7, 11) is 0. The maximum Gasteiger partial charge on any atom is 0.271 e. The van der Waals surface area contributed by atoms with Gasteiger partial charge in [0.05, 0.1) is 18.4 Å². The average Bonchev–Trinajstić information content (AvgIpc) is 3.05. The molecule has 0 radical (unpaired) electrons. The highest BCUT2D eigenvalue weighted by Gasteiger charge is 2.15. The number of amides is 1. The number of hydrogen-bond donors (Lipinski definition) is 2. The molecule has 1 atom stereocenters. The normalized spacial score (nSPS) is 11.9. The largest absolute Gasteiger partial charge is 0.344 e. The lowest BCUT2D eigenvalue weighted by molar-refractivity contribution is 0.0934. The van der Waals surface area contributed by atoms with E-state index in [2.05, 4.69) is 20.4 Å². The molecule has 0 aliphatic rings. The van der Waals surface area contributed by atoms with E-state index in [1.807, 2.05) is 0 Å². The summed E-state index contributed by atoms with van der Waals surface area (Å²) in [5, 5.41) is 6.86. The van der Waals surface area contributed by atoms with Crippen LogP contribution < -0.4 is 10.9 Å². The van der Waals surface area contributed by atoms with Gasteiger partial charge in [-0.15, -0.1) is 0 Å². The number of nitrogens with zero attached hydrogens (tertiary/aromatic N) is 3. The highest BCUT2D eigenvalue weighted by atomic mass is 19.1. The zero-order valence-corrected chi connectivity index (χ0v) is 12.7. The molecule has 0 saturated carbocycles. The molecular weight excluding hydrogens is 313 g/mol. The number of carbonyl (C=O) groups excluding carboxylic acids is 1. The highest BCUT2D eigenvalue weighted by molar-refractivity contribution is 5.92. The molecular formula is C16H14FN5O2. The zero-order valence-electron chi connectivity index (χ0n) is 12.7. The van der Waals surface area contributed by atoms with Gasteiger partial charge in [0.25, 0.3) is 11.5 Å². The fraction of sp³-hybridized carbons (Fsp3) is 0.125. The Labute approximate surface area is 136 Å². The predicted molar refractivity (Wildman–Crippen MR) is 84.3 cm³/mol.